The molecule has 1 aromatic heterocycles. The van der Waals surface area contributed by atoms with E-state index in [1.807, 2.05) is 0 Å². The lowest BCUT2D eigenvalue weighted by Gasteiger charge is -2.16. The number of hydrogen-bond donors (Lipinski definition) is 3. The van der Waals surface area contributed by atoms with E-state index in [0.29, 0.717) is 22.3 Å². The molecule has 2 aromatic rings. The van der Waals surface area contributed by atoms with Gasteiger partial charge in [0.1, 0.15) is 6.61 Å². The normalized spacial score (nSPS) is 11.7. The summed E-state index contributed by atoms with van der Waals surface area (Å²) in [6.45, 7) is -1.85. The number of aliphatic hydroxyl groups is 1. The van der Waals surface area contributed by atoms with E-state index in [0.717, 1.165) is 0 Å². The average molecular weight is 253 g/mol. The molecule has 0 aliphatic heterocycles. The fraction of sp³-hybridized carbons (Fsp3) is 0.250. The molecule has 4 nitrogen and oxygen atoms in total. The summed E-state index contributed by atoms with van der Waals surface area (Å²) in [6, 6.07) is 6.72. The first kappa shape index (κ1) is 12.5. The summed E-state index contributed by atoms with van der Waals surface area (Å²) in [7, 11) is 0. The lowest BCUT2D eigenvalue weighted by Crippen LogP contribution is -2.31. The second-order valence-electron chi connectivity index (χ2n) is 3.97. The molecule has 0 unspecified atom stereocenters. The highest BCUT2D eigenvalue weighted by atomic mass is 19.3. The Morgan fingerprint density at radius 1 is 1.33 bits per heavy atom. The largest absolute Gasteiger partial charge is 0.398 e. The van der Waals surface area contributed by atoms with Crippen molar-refractivity contribution in [2.24, 2.45) is 0 Å². The van der Waals surface area contributed by atoms with Crippen molar-refractivity contribution < 1.29 is 13.9 Å². The fourth-order valence-electron chi connectivity index (χ4n) is 1.62. The van der Waals surface area contributed by atoms with Crippen molar-refractivity contribution in [2.45, 2.75) is 5.92 Å². The molecular weight excluding hydrogens is 240 g/mol. The van der Waals surface area contributed by atoms with Crippen molar-refractivity contribution in [3.8, 4) is 0 Å². The molecule has 0 spiro atoms. The van der Waals surface area contributed by atoms with Gasteiger partial charge in [0.2, 0.25) is 0 Å². The van der Waals surface area contributed by atoms with Gasteiger partial charge >= 0.3 is 0 Å². The van der Waals surface area contributed by atoms with Crippen LogP contribution in [0.4, 0.5) is 20.2 Å². The average Bonchev–Trinajstić information content (AvgIpc) is 2.38. The monoisotopic (exact) mass is 253 g/mol. The standard InChI is InChI=1S/C12H13F2N3O/c13-12(14,7-18)6-17-10-4-3-9(15)8-2-1-5-16-11(8)10/h1-5,17-18H,6-7,15H2. The van der Waals surface area contributed by atoms with Crippen molar-refractivity contribution in [3.63, 3.8) is 0 Å². The van der Waals surface area contributed by atoms with E-state index in [1.165, 1.54) is 0 Å². The molecule has 0 amide bonds. The van der Waals surface area contributed by atoms with Gasteiger partial charge in [-0.3, -0.25) is 4.98 Å². The molecule has 0 aliphatic rings. The number of alkyl halides is 2. The van der Waals surface area contributed by atoms with E-state index in [-0.39, 0.29) is 0 Å². The van der Waals surface area contributed by atoms with E-state index >= 15 is 0 Å². The molecule has 0 atom stereocenters. The summed E-state index contributed by atoms with van der Waals surface area (Å²) in [6.07, 6.45) is 1.57. The van der Waals surface area contributed by atoms with Gasteiger partial charge in [0.25, 0.3) is 5.92 Å². The van der Waals surface area contributed by atoms with Crippen LogP contribution in [0.2, 0.25) is 0 Å². The summed E-state index contributed by atoms with van der Waals surface area (Å²) in [5.41, 5.74) is 7.32. The van der Waals surface area contributed by atoms with Gasteiger partial charge in [-0.15, -0.1) is 0 Å². The Morgan fingerprint density at radius 3 is 2.83 bits per heavy atom. The molecule has 1 aromatic carbocycles. The van der Waals surface area contributed by atoms with Gasteiger partial charge in [-0.05, 0) is 24.3 Å². The molecular formula is C12H13F2N3O. The molecule has 0 bridgehead atoms. The Hall–Kier alpha value is -1.95. The maximum Gasteiger partial charge on any atom is 0.287 e. The van der Waals surface area contributed by atoms with Crippen LogP contribution in [0, 0.1) is 0 Å². The number of benzene rings is 1. The van der Waals surface area contributed by atoms with Crippen LogP contribution in [0.5, 0.6) is 0 Å². The van der Waals surface area contributed by atoms with E-state index < -0.39 is 19.1 Å². The second-order valence-corrected chi connectivity index (χ2v) is 3.97. The van der Waals surface area contributed by atoms with Crippen LogP contribution >= 0.6 is 0 Å². The maximum atomic E-state index is 13.0. The molecule has 0 saturated carbocycles. The highest BCUT2D eigenvalue weighted by Gasteiger charge is 2.27. The first-order chi connectivity index (χ1) is 8.53. The highest BCUT2D eigenvalue weighted by molar-refractivity contribution is 5.98. The third kappa shape index (κ3) is 2.48. The summed E-state index contributed by atoms with van der Waals surface area (Å²) >= 11 is 0. The number of fused-ring (bicyclic) bond motifs is 1. The molecule has 1 heterocycles. The number of halogens is 2. The lowest BCUT2D eigenvalue weighted by atomic mass is 10.1. The molecule has 0 fully saturated rings. The topological polar surface area (TPSA) is 71.2 Å². The van der Waals surface area contributed by atoms with Gasteiger partial charge in [-0.25, -0.2) is 8.78 Å². The van der Waals surface area contributed by atoms with Crippen LogP contribution in [0.25, 0.3) is 10.9 Å². The quantitative estimate of drug-likeness (QED) is 0.727. The third-order valence-corrected chi connectivity index (χ3v) is 2.57. The number of nitrogens with two attached hydrogens (primary N) is 1. The SMILES string of the molecule is Nc1ccc(NCC(F)(F)CO)c2ncccc12. The molecule has 2 rings (SSSR count). The predicted octanol–water partition coefficient (Wildman–Crippen LogP) is 1.86. The first-order valence-electron chi connectivity index (χ1n) is 5.39. The summed E-state index contributed by atoms with van der Waals surface area (Å²) in [4.78, 5) is 4.12. The predicted molar refractivity (Wildman–Crippen MR) is 66.7 cm³/mol. The number of anilines is 2. The van der Waals surface area contributed by atoms with Crippen LogP contribution in [0.3, 0.4) is 0 Å². The lowest BCUT2D eigenvalue weighted by molar-refractivity contribution is -0.0372. The smallest absolute Gasteiger partial charge is 0.287 e. The minimum absolute atomic E-state index is 0.466. The van der Waals surface area contributed by atoms with E-state index in [1.54, 1.807) is 30.5 Å². The van der Waals surface area contributed by atoms with Crippen molar-refractivity contribution in [3.05, 3.63) is 30.5 Å². The molecule has 0 aliphatic carbocycles. The number of rotatable bonds is 4. The highest BCUT2D eigenvalue weighted by Crippen LogP contribution is 2.27. The molecule has 0 saturated heterocycles. The van der Waals surface area contributed by atoms with E-state index in [2.05, 4.69) is 10.3 Å². The first-order valence-corrected chi connectivity index (χ1v) is 5.39. The zero-order valence-electron chi connectivity index (χ0n) is 9.53. The Labute approximate surface area is 102 Å². The maximum absolute atomic E-state index is 13.0. The number of nitrogens with one attached hydrogen (secondary N) is 1. The second kappa shape index (κ2) is 4.73. The number of nitrogens with zero attached hydrogens (tertiary/aromatic N) is 1. The molecule has 4 N–H and O–H groups in total. The van der Waals surface area contributed by atoms with Crippen molar-refractivity contribution in [1.29, 1.82) is 0 Å². The summed E-state index contributed by atoms with van der Waals surface area (Å²) in [5, 5.41) is 11.8. The van der Waals surface area contributed by atoms with Crippen molar-refractivity contribution >= 4 is 22.3 Å². The third-order valence-electron chi connectivity index (χ3n) is 2.57. The van der Waals surface area contributed by atoms with Crippen LogP contribution < -0.4 is 11.1 Å². The Balaban J connectivity index is 2.32. The molecule has 18 heavy (non-hydrogen) atoms. The van der Waals surface area contributed by atoms with Gasteiger partial charge in [0, 0.05) is 17.3 Å². The molecule has 6 heteroatoms. The Kier molecular flexibility index (Phi) is 3.29. The summed E-state index contributed by atoms with van der Waals surface area (Å²) in [5.74, 6) is -3.16. The van der Waals surface area contributed by atoms with Gasteiger partial charge < -0.3 is 16.2 Å². The Bertz CT molecular complexity index is 560. The number of pyridine rings is 1. The zero-order valence-corrected chi connectivity index (χ0v) is 9.53. The van der Waals surface area contributed by atoms with Gasteiger partial charge in [0.15, 0.2) is 0 Å². The number of hydrogen-bond acceptors (Lipinski definition) is 4. The minimum atomic E-state index is -3.16. The van der Waals surface area contributed by atoms with Gasteiger partial charge in [-0.2, -0.15) is 0 Å². The molecule has 96 valence electrons. The van der Waals surface area contributed by atoms with E-state index in [4.69, 9.17) is 10.8 Å². The minimum Gasteiger partial charge on any atom is -0.398 e. The van der Waals surface area contributed by atoms with Crippen LogP contribution in [0.1, 0.15) is 0 Å². The van der Waals surface area contributed by atoms with Gasteiger partial charge in [0.05, 0.1) is 17.7 Å². The number of nitrogen functional groups attached to an aromatic ring is 1. The van der Waals surface area contributed by atoms with Gasteiger partial charge in [-0.1, -0.05) is 0 Å². The van der Waals surface area contributed by atoms with Crippen LogP contribution in [0.15, 0.2) is 30.5 Å². The van der Waals surface area contributed by atoms with E-state index in [9.17, 15) is 8.78 Å². The fourth-order valence-corrected chi connectivity index (χ4v) is 1.62. The number of aromatic nitrogens is 1. The van der Waals surface area contributed by atoms with Crippen LogP contribution in [-0.4, -0.2) is 29.2 Å². The zero-order chi connectivity index (χ0) is 13.2. The number of aliphatic hydroxyl groups excluding tert-OH is 1. The van der Waals surface area contributed by atoms with Crippen molar-refractivity contribution in [1.82, 2.24) is 4.98 Å². The molecule has 0 radical (unpaired) electrons. The Morgan fingerprint density at radius 2 is 2.11 bits per heavy atom. The van der Waals surface area contributed by atoms with Crippen LogP contribution in [-0.2, 0) is 0 Å². The summed E-state index contributed by atoms with van der Waals surface area (Å²) < 4.78 is 25.9. The van der Waals surface area contributed by atoms with Crippen molar-refractivity contribution in [2.75, 3.05) is 24.2 Å².